The molecule has 2 aromatic carbocycles. The van der Waals surface area contributed by atoms with Gasteiger partial charge < -0.3 is 14.7 Å². The van der Waals surface area contributed by atoms with Crippen LogP contribution in [0.3, 0.4) is 0 Å². The van der Waals surface area contributed by atoms with Crippen molar-refractivity contribution in [3.05, 3.63) is 86.7 Å². The van der Waals surface area contributed by atoms with Crippen molar-refractivity contribution in [3.8, 4) is 5.69 Å². The fourth-order valence-electron chi connectivity index (χ4n) is 3.31. The van der Waals surface area contributed by atoms with Gasteiger partial charge in [0.15, 0.2) is 0 Å². The van der Waals surface area contributed by atoms with Crippen molar-refractivity contribution < 1.29 is 9.53 Å². The summed E-state index contributed by atoms with van der Waals surface area (Å²) in [6.07, 6.45) is 1.60. The first kappa shape index (κ1) is 22.9. The van der Waals surface area contributed by atoms with Crippen LogP contribution in [0.1, 0.15) is 46.7 Å². The third-order valence-electron chi connectivity index (χ3n) is 4.77. The molecule has 1 N–H and O–H groups in total. The van der Waals surface area contributed by atoms with Crippen molar-refractivity contribution in [1.82, 2.24) is 9.99 Å². The molecule has 7 heteroatoms. The Morgan fingerprint density at radius 1 is 1.13 bits per heavy atom. The fraction of sp³-hybridized carbons (Fsp3) is 0.250. The maximum atomic E-state index is 12.3. The molecule has 162 valence electrons. The van der Waals surface area contributed by atoms with Crippen LogP contribution in [-0.4, -0.2) is 22.9 Å². The first-order valence-electron chi connectivity index (χ1n) is 9.97. The number of esters is 1. The summed E-state index contributed by atoms with van der Waals surface area (Å²) in [6.45, 7) is 8.12. The summed E-state index contributed by atoms with van der Waals surface area (Å²) in [5, 5.41) is 5.53. The summed E-state index contributed by atoms with van der Waals surface area (Å²) >= 11 is 12.4. The van der Waals surface area contributed by atoms with E-state index in [1.165, 1.54) is 0 Å². The van der Waals surface area contributed by atoms with Crippen LogP contribution in [0.25, 0.3) is 5.69 Å². The molecule has 0 unspecified atom stereocenters. The van der Waals surface area contributed by atoms with Crippen molar-refractivity contribution in [2.45, 2.75) is 40.3 Å². The maximum absolute atomic E-state index is 12.3. The van der Waals surface area contributed by atoms with Gasteiger partial charge in [-0.3, -0.25) is 0 Å². The van der Waals surface area contributed by atoms with Crippen LogP contribution in [-0.2, 0) is 11.3 Å². The number of hydrogen-bond donors (Lipinski definition) is 1. The Bertz CT molecular complexity index is 1100. The minimum absolute atomic E-state index is 0.165. The molecule has 1 aromatic heterocycles. The van der Waals surface area contributed by atoms with Gasteiger partial charge in [0.1, 0.15) is 0 Å². The van der Waals surface area contributed by atoms with E-state index in [0.717, 1.165) is 28.2 Å². The average Bonchev–Trinajstić information content (AvgIpc) is 3.00. The minimum Gasteiger partial charge on any atom is -0.459 e. The topological polar surface area (TPSA) is 55.6 Å². The van der Waals surface area contributed by atoms with Gasteiger partial charge in [0, 0.05) is 38.2 Å². The van der Waals surface area contributed by atoms with E-state index in [-0.39, 0.29) is 12.1 Å². The van der Waals surface area contributed by atoms with Gasteiger partial charge in [-0.1, -0.05) is 35.3 Å². The van der Waals surface area contributed by atoms with E-state index in [2.05, 4.69) is 15.1 Å². The second-order valence-corrected chi connectivity index (χ2v) is 8.27. The summed E-state index contributed by atoms with van der Waals surface area (Å²) in [5.41, 5.74) is 8.22. The number of aryl methyl sites for hydroxylation is 1. The highest BCUT2D eigenvalue weighted by molar-refractivity contribution is 6.35. The Hall–Kier alpha value is -2.76. The molecule has 0 aliphatic carbocycles. The Morgan fingerprint density at radius 3 is 2.48 bits per heavy atom. The van der Waals surface area contributed by atoms with Crippen LogP contribution in [0.2, 0.25) is 10.0 Å². The van der Waals surface area contributed by atoms with E-state index >= 15 is 0 Å². The first-order valence-corrected chi connectivity index (χ1v) is 10.7. The normalized spacial score (nSPS) is 11.3. The Morgan fingerprint density at radius 2 is 1.81 bits per heavy atom. The van der Waals surface area contributed by atoms with Crippen molar-refractivity contribution in [2.75, 3.05) is 0 Å². The lowest BCUT2D eigenvalue weighted by Crippen LogP contribution is -2.12. The number of benzene rings is 2. The number of carbonyl (C=O) groups excluding carboxylic acids is 1. The maximum Gasteiger partial charge on any atom is 0.338 e. The van der Waals surface area contributed by atoms with Gasteiger partial charge in [-0.15, -0.1) is 0 Å². The molecule has 0 aliphatic heterocycles. The lowest BCUT2D eigenvalue weighted by atomic mass is 10.2. The molecule has 0 radical (unpaired) electrons. The molecule has 0 atom stereocenters. The number of nitrogens with zero attached hydrogens (tertiary/aromatic N) is 2. The van der Waals surface area contributed by atoms with Crippen LogP contribution in [0.4, 0.5) is 0 Å². The van der Waals surface area contributed by atoms with Crippen LogP contribution in [0.5, 0.6) is 0 Å². The van der Waals surface area contributed by atoms with Crippen molar-refractivity contribution in [2.24, 2.45) is 5.10 Å². The molecule has 0 spiro atoms. The van der Waals surface area contributed by atoms with Crippen LogP contribution in [0, 0.1) is 13.8 Å². The largest absolute Gasteiger partial charge is 0.459 e. The smallest absolute Gasteiger partial charge is 0.338 e. The van der Waals surface area contributed by atoms with E-state index in [0.29, 0.717) is 22.2 Å². The van der Waals surface area contributed by atoms with Crippen molar-refractivity contribution in [1.29, 1.82) is 0 Å². The van der Waals surface area contributed by atoms with Crippen LogP contribution < -0.4 is 5.43 Å². The second kappa shape index (κ2) is 10.0. The van der Waals surface area contributed by atoms with Gasteiger partial charge in [-0.05, 0) is 64.1 Å². The van der Waals surface area contributed by atoms with Crippen LogP contribution in [0.15, 0.2) is 53.6 Å². The monoisotopic (exact) mass is 457 g/mol. The standard InChI is InChI=1S/C24H25Cl2N3O2/c1-15(2)31-24(30)18-7-5-8-20(12-18)29-16(3)11-19(17(29)4)13-27-28-14-21-22(25)9-6-10-23(21)26/h5-13,15,28H,14H2,1-4H3/b27-13-. The predicted molar refractivity (Wildman–Crippen MR) is 127 cm³/mol. The number of carbonyl (C=O) groups is 1. The number of aromatic nitrogens is 1. The summed E-state index contributed by atoms with van der Waals surface area (Å²) in [6, 6.07) is 14.9. The van der Waals surface area contributed by atoms with Gasteiger partial charge in [-0.25, -0.2) is 4.79 Å². The molecule has 0 fully saturated rings. The predicted octanol–water partition coefficient (Wildman–Crippen LogP) is 6.09. The molecule has 3 aromatic rings. The number of rotatable bonds is 7. The molecule has 0 aliphatic rings. The van der Waals surface area contributed by atoms with Gasteiger partial charge in [-0.2, -0.15) is 5.10 Å². The first-order chi connectivity index (χ1) is 14.8. The molecule has 0 saturated heterocycles. The molecule has 0 saturated carbocycles. The Labute approximate surface area is 192 Å². The van der Waals surface area contributed by atoms with Crippen molar-refractivity contribution >= 4 is 35.4 Å². The van der Waals surface area contributed by atoms with E-state index in [4.69, 9.17) is 27.9 Å². The third-order valence-corrected chi connectivity index (χ3v) is 5.47. The second-order valence-electron chi connectivity index (χ2n) is 7.46. The molecule has 31 heavy (non-hydrogen) atoms. The molecule has 0 bridgehead atoms. The van der Waals surface area contributed by atoms with Gasteiger partial charge >= 0.3 is 5.97 Å². The molecular formula is C24H25Cl2N3O2. The number of ether oxygens (including phenoxy) is 1. The van der Waals surface area contributed by atoms with Gasteiger partial charge in [0.25, 0.3) is 0 Å². The minimum atomic E-state index is -0.330. The quantitative estimate of drug-likeness (QED) is 0.265. The Kier molecular flexibility index (Phi) is 7.42. The third kappa shape index (κ3) is 5.49. The number of nitrogens with one attached hydrogen (secondary N) is 1. The molecular weight excluding hydrogens is 433 g/mol. The zero-order chi connectivity index (χ0) is 22.5. The highest BCUT2D eigenvalue weighted by Crippen LogP contribution is 2.24. The Balaban J connectivity index is 1.78. The highest BCUT2D eigenvalue weighted by Gasteiger charge is 2.13. The van der Waals surface area contributed by atoms with E-state index < -0.39 is 0 Å². The summed E-state index contributed by atoms with van der Waals surface area (Å²) in [5.74, 6) is -0.330. The highest BCUT2D eigenvalue weighted by atomic mass is 35.5. The van der Waals surface area contributed by atoms with E-state index in [1.807, 2.05) is 58.0 Å². The van der Waals surface area contributed by atoms with Gasteiger partial charge in [0.2, 0.25) is 0 Å². The summed E-state index contributed by atoms with van der Waals surface area (Å²) in [7, 11) is 0. The number of halogens is 2. The molecule has 1 heterocycles. The van der Waals surface area contributed by atoms with E-state index in [9.17, 15) is 4.79 Å². The van der Waals surface area contributed by atoms with Gasteiger partial charge in [0.05, 0.1) is 24.4 Å². The number of hydrogen-bond acceptors (Lipinski definition) is 4. The zero-order valence-electron chi connectivity index (χ0n) is 17.9. The lowest BCUT2D eigenvalue weighted by molar-refractivity contribution is 0.0378. The summed E-state index contributed by atoms with van der Waals surface area (Å²) < 4.78 is 7.40. The van der Waals surface area contributed by atoms with Crippen molar-refractivity contribution in [3.63, 3.8) is 0 Å². The average molecular weight is 458 g/mol. The zero-order valence-corrected chi connectivity index (χ0v) is 19.5. The lowest BCUT2D eigenvalue weighted by Gasteiger charge is -2.12. The molecule has 0 amide bonds. The van der Waals surface area contributed by atoms with Crippen LogP contribution >= 0.6 is 23.2 Å². The SMILES string of the molecule is Cc1cc(/C=N\NCc2c(Cl)cccc2Cl)c(C)n1-c1cccc(C(=O)OC(C)C)c1. The summed E-state index contributed by atoms with van der Waals surface area (Å²) in [4.78, 5) is 12.3. The van der Waals surface area contributed by atoms with E-state index in [1.54, 1.807) is 24.4 Å². The number of hydrazone groups is 1. The fourth-order valence-corrected chi connectivity index (χ4v) is 3.84. The molecule has 3 rings (SSSR count). The molecule has 5 nitrogen and oxygen atoms in total.